The Bertz CT molecular complexity index is 1200. The average Bonchev–Trinajstić information content (AvgIpc) is 3.11. The van der Waals surface area contributed by atoms with Crippen LogP contribution in [0.5, 0.6) is 0 Å². The second-order valence-corrected chi connectivity index (χ2v) is 8.80. The van der Waals surface area contributed by atoms with Crippen molar-refractivity contribution in [2.75, 3.05) is 32.1 Å². The zero-order valence-corrected chi connectivity index (χ0v) is 19.4. The molecule has 30 heavy (non-hydrogen) atoms. The first-order valence-corrected chi connectivity index (χ1v) is 10.6. The predicted molar refractivity (Wildman–Crippen MR) is 131 cm³/mol. The second kappa shape index (κ2) is 9.31. The monoisotopic (exact) mass is 459 g/mol. The number of hydrogen-bond donors (Lipinski definition) is 0. The number of rotatable bonds is 5. The molecule has 156 valence electrons. The Kier molecular flexibility index (Phi) is 6.98. The number of carbonyl (C=O) groups is 1. The summed E-state index contributed by atoms with van der Waals surface area (Å²) in [6.45, 7) is 3.29. The SMILES string of the molecule is Cc1cc(Cl)cc2sc(N(CCN(C)C)C(=O)c3cccc4ccccc34)nc12.Cl. The van der Waals surface area contributed by atoms with Crippen LogP contribution >= 0.6 is 35.3 Å². The number of fused-ring (bicyclic) bond motifs is 2. The van der Waals surface area contributed by atoms with Crippen molar-refractivity contribution in [2.45, 2.75) is 6.92 Å². The Morgan fingerprint density at radius 2 is 1.80 bits per heavy atom. The number of aryl methyl sites for hydroxylation is 1. The third kappa shape index (κ3) is 4.44. The summed E-state index contributed by atoms with van der Waals surface area (Å²) < 4.78 is 0.991. The molecule has 0 bridgehead atoms. The molecule has 0 radical (unpaired) electrons. The van der Waals surface area contributed by atoms with Gasteiger partial charge in [0, 0.05) is 23.7 Å². The molecule has 0 fully saturated rings. The molecule has 1 aromatic heterocycles. The summed E-state index contributed by atoms with van der Waals surface area (Å²) in [5, 5.41) is 3.39. The zero-order valence-electron chi connectivity index (χ0n) is 17.1. The molecule has 7 heteroatoms. The van der Waals surface area contributed by atoms with Crippen LogP contribution in [-0.2, 0) is 0 Å². The van der Waals surface area contributed by atoms with Crippen molar-refractivity contribution in [3.63, 3.8) is 0 Å². The van der Waals surface area contributed by atoms with Crippen LogP contribution in [0.2, 0.25) is 5.02 Å². The topological polar surface area (TPSA) is 36.4 Å². The Hall–Kier alpha value is -2.18. The van der Waals surface area contributed by atoms with Gasteiger partial charge in [-0.2, -0.15) is 0 Å². The van der Waals surface area contributed by atoms with E-state index in [-0.39, 0.29) is 18.3 Å². The molecule has 0 saturated carbocycles. The molecule has 4 rings (SSSR count). The summed E-state index contributed by atoms with van der Waals surface area (Å²) in [4.78, 5) is 22.3. The standard InChI is InChI=1S/C23H22ClN3OS.ClH/c1-15-13-17(24)14-20-21(15)25-23(29-20)27(12-11-26(2)3)22(28)19-10-6-8-16-7-4-5-9-18(16)19;/h4-10,13-14H,11-12H2,1-3H3;1H. The molecule has 0 saturated heterocycles. The molecule has 0 aliphatic carbocycles. The number of benzene rings is 3. The number of carbonyl (C=O) groups excluding carboxylic acids is 1. The molecule has 1 amide bonds. The Morgan fingerprint density at radius 1 is 1.07 bits per heavy atom. The van der Waals surface area contributed by atoms with Crippen molar-refractivity contribution in [3.05, 3.63) is 70.7 Å². The molecule has 0 N–H and O–H groups in total. The maximum atomic E-state index is 13.6. The van der Waals surface area contributed by atoms with Crippen molar-refractivity contribution in [1.29, 1.82) is 0 Å². The lowest BCUT2D eigenvalue weighted by Gasteiger charge is -2.22. The van der Waals surface area contributed by atoms with E-state index in [0.29, 0.717) is 22.3 Å². The van der Waals surface area contributed by atoms with Crippen molar-refractivity contribution < 1.29 is 4.79 Å². The summed E-state index contributed by atoms with van der Waals surface area (Å²) in [5.41, 5.74) is 2.60. The van der Waals surface area contributed by atoms with Gasteiger partial charge < -0.3 is 4.90 Å². The number of anilines is 1. The molecule has 0 aliphatic heterocycles. The maximum Gasteiger partial charge on any atom is 0.260 e. The zero-order chi connectivity index (χ0) is 20.5. The van der Waals surface area contributed by atoms with Gasteiger partial charge in [0.05, 0.1) is 10.2 Å². The predicted octanol–water partition coefficient (Wildman–Crippen LogP) is 6.04. The minimum Gasteiger partial charge on any atom is -0.308 e. The van der Waals surface area contributed by atoms with Crippen LogP contribution in [0, 0.1) is 6.92 Å². The van der Waals surface area contributed by atoms with Crippen molar-refractivity contribution in [3.8, 4) is 0 Å². The van der Waals surface area contributed by atoms with Gasteiger partial charge in [0.25, 0.3) is 5.91 Å². The number of thiazole rings is 1. The van der Waals surface area contributed by atoms with E-state index in [2.05, 4.69) is 4.90 Å². The van der Waals surface area contributed by atoms with Crippen molar-refractivity contribution in [1.82, 2.24) is 9.88 Å². The summed E-state index contributed by atoms with van der Waals surface area (Å²) in [5.74, 6) is -0.0357. The Labute approximate surface area is 191 Å². The fraction of sp³-hybridized carbons (Fsp3) is 0.217. The molecular formula is C23H23Cl2N3OS. The molecular weight excluding hydrogens is 437 g/mol. The number of hydrogen-bond acceptors (Lipinski definition) is 4. The van der Waals surface area contributed by atoms with E-state index in [9.17, 15) is 4.79 Å². The minimum absolute atomic E-state index is 0. The van der Waals surface area contributed by atoms with Gasteiger partial charge >= 0.3 is 0 Å². The van der Waals surface area contributed by atoms with E-state index >= 15 is 0 Å². The fourth-order valence-corrected chi connectivity index (χ4v) is 4.84. The number of amides is 1. The van der Waals surface area contributed by atoms with Crippen LogP contribution in [0.15, 0.2) is 54.6 Å². The second-order valence-electron chi connectivity index (χ2n) is 7.35. The average molecular weight is 460 g/mol. The van der Waals surface area contributed by atoms with Gasteiger partial charge in [0.15, 0.2) is 5.13 Å². The Morgan fingerprint density at radius 3 is 2.57 bits per heavy atom. The first kappa shape index (κ1) is 22.5. The maximum absolute atomic E-state index is 13.6. The van der Waals surface area contributed by atoms with E-state index in [1.807, 2.05) is 75.6 Å². The number of aromatic nitrogens is 1. The van der Waals surface area contributed by atoms with Crippen LogP contribution < -0.4 is 4.90 Å². The Balaban J connectivity index is 0.00000256. The van der Waals surface area contributed by atoms with Gasteiger partial charge in [-0.05, 0) is 55.6 Å². The summed E-state index contributed by atoms with van der Waals surface area (Å²) in [6.07, 6.45) is 0. The summed E-state index contributed by atoms with van der Waals surface area (Å²) in [7, 11) is 4.01. The third-order valence-corrected chi connectivity index (χ3v) is 6.15. The fourth-order valence-electron chi connectivity index (χ4n) is 3.40. The lowest BCUT2D eigenvalue weighted by Crippen LogP contribution is -2.36. The van der Waals surface area contributed by atoms with E-state index in [0.717, 1.165) is 33.1 Å². The number of halogens is 2. The number of likely N-dealkylation sites (N-methyl/N-ethyl adjacent to an activating group) is 1. The van der Waals surface area contributed by atoms with Gasteiger partial charge in [-0.1, -0.05) is 59.3 Å². The molecule has 0 spiro atoms. The van der Waals surface area contributed by atoms with E-state index in [1.54, 1.807) is 4.90 Å². The van der Waals surface area contributed by atoms with Crippen molar-refractivity contribution >= 4 is 67.4 Å². The molecule has 4 aromatic rings. The highest BCUT2D eigenvalue weighted by molar-refractivity contribution is 7.22. The minimum atomic E-state index is -0.0357. The van der Waals surface area contributed by atoms with Gasteiger partial charge in [0.2, 0.25) is 0 Å². The third-order valence-electron chi connectivity index (χ3n) is 4.91. The quantitative estimate of drug-likeness (QED) is 0.364. The molecule has 0 unspecified atom stereocenters. The van der Waals surface area contributed by atoms with Crippen LogP contribution in [0.25, 0.3) is 21.0 Å². The van der Waals surface area contributed by atoms with Gasteiger partial charge in [-0.25, -0.2) is 4.98 Å². The first-order valence-electron chi connectivity index (χ1n) is 9.45. The van der Waals surface area contributed by atoms with Gasteiger partial charge in [0.1, 0.15) is 0 Å². The van der Waals surface area contributed by atoms with Crippen LogP contribution in [0.1, 0.15) is 15.9 Å². The first-order chi connectivity index (χ1) is 13.9. The lowest BCUT2D eigenvalue weighted by atomic mass is 10.0. The van der Waals surface area contributed by atoms with Gasteiger partial charge in [-0.15, -0.1) is 12.4 Å². The van der Waals surface area contributed by atoms with Crippen LogP contribution in [0.4, 0.5) is 5.13 Å². The summed E-state index contributed by atoms with van der Waals surface area (Å²) >= 11 is 7.74. The summed E-state index contributed by atoms with van der Waals surface area (Å²) in [6, 6.07) is 17.6. The smallest absolute Gasteiger partial charge is 0.260 e. The van der Waals surface area contributed by atoms with Crippen LogP contribution in [0.3, 0.4) is 0 Å². The van der Waals surface area contributed by atoms with Crippen LogP contribution in [-0.4, -0.2) is 43.0 Å². The normalized spacial score (nSPS) is 11.1. The van der Waals surface area contributed by atoms with Gasteiger partial charge in [-0.3, -0.25) is 9.69 Å². The molecule has 3 aromatic carbocycles. The molecule has 0 atom stereocenters. The highest BCUT2D eigenvalue weighted by atomic mass is 35.5. The molecule has 1 heterocycles. The van der Waals surface area contributed by atoms with E-state index < -0.39 is 0 Å². The largest absolute Gasteiger partial charge is 0.308 e. The van der Waals surface area contributed by atoms with E-state index in [1.165, 1.54) is 11.3 Å². The van der Waals surface area contributed by atoms with Crippen molar-refractivity contribution in [2.24, 2.45) is 0 Å². The highest BCUT2D eigenvalue weighted by Crippen LogP contribution is 2.34. The highest BCUT2D eigenvalue weighted by Gasteiger charge is 2.23. The van der Waals surface area contributed by atoms with E-state index in [4.69, 9.17) is 16.6 Å². The molecule has 0 aliphatic rings. The number of nitrogens with zero attached hydrogens (tertiary/aromatic N) is 3. The molecule has 4 nitrogen and oxygen atoms in total. The lowest BCUT2D eigenvalue weighted by molar-refractivity contribution is 0.0987.